The van der Waals surface area contributed by atoms with Gasteiger partial charge in [0, 0.05) is 10.6 Å². The number of hydrogen-bond acceptors (Lipinski definition) is 2. The number of hydrogen-bond donors (Lipinski definition) is 1. The molecule has 2 N–H and O–H groups in total. The molecule has 0 heterocycles. The highest BCUT2D eigenvalue weighted by molar-refractivity contribution is 7.89. The van der Waals surface area contributed by atoms with Crippen molar-refractivity contribution >= 4 is 21.6 Å². The molecule has 3 rings (SSSR count). The van der Waals surface area contributed by atoms with Gasteiger partial charge < -0.3 is 0 Å². The number of nitrogens with two attached hydrogens (primary N) is 1. The quantitative estimate of drug-likeness (QED) is 0.687. The number of halogens is 3. The van der Waals surface area contributed by atoms with Crippen molar-refractivity contribution in [3.63, 3.8) is 0 Å². The van der Waals surface area contributed by atoms with Crippen molar-refractivity contribution in [2.45, 2.75) is 11.8 Å². The molecule has 3 aromatic carbocycles. The Bertz CT molecular complexity index is 1110. The summed E-state index contributed by atoms with van der Waals surface area (Å²) >= 11 is 6.04. The summed E-state index contributed by atoms with van der Waals surface area (Å²) in [6.45, 7) is 1.78. The van der Waals surface area contributed by atoms with Crippen LogP contribution in [0.4, 0.5) is 8.78 Å². The highest BCUT2D eigenvalue weighted by atomic mass is 35.5. The van der Waals surface area contributed by atoms with E-state index < -0.39 is 21.7 Å². The molecular formula is C19H14ClF2NO2S. The van der Waals surface area contributed by atoms with E-state index in [2.05, 4.69) is 0 Å². The zero-order valence-corrected chi connectivity index (χ0v) is 15.2. The predicted octanol–water partition coefficient (Wildman–Crippen LogP) is 4.91. The highest BCUT2D eigenvalue weighted by Gasteiger charge is 2.20. The first-order chi connectivity index (χ1) is 12.2. The summed E-state index contributed by atoms with van der Waals surface area (Å²) in [6.07, 6.45) is 0. The maximum atomic E-state index is 14.0. The molecule has 0 saturated heterocycles. The third-order valence-corrected chi connectivity index (χ3v) is 5.41. The fraction of sp³-hybridized carbons (Fsp3) is 0.0526. The molecule has 0 amide bonds. The lowest BCUT2D eigenvalue weighted by atomic mass is 9.93. The molecule has 26 heavy (non-hydrogen) atoms. The Morgan fingerprint density at radius 2 is 1.50 bits per heavy atom. The van der Waals surface area contributed by atoms with Crippen LogP contribution in [0.3, 0.4) is 0 Å². The van der Waals surface area contributed by atoms with Gasteiger partial charge in [0.1, 0.15) is 0 Å². The van der Waals surface area contributed by atoms with E-state index in [1.807, 2.05) is 0 Å². The van der Waals surface area contributed by atoms with E-state index >= 15 is 0 Å². The molecule has 3 aromatic rings. The first-order valence-corrected chi connectivity index (χ1v) is 9.48. The van der Waals surface area contributed by atoms with Gasteiger partial charge in [0.25, 0.3) is 0 Å². The molecule has 0 saturated carbocycles. The maximum Gasteiger partial charge on any atom is 0.238 e. The standard InChI is InChI=1S/C19H14ClF2NO2S/c1-11-8-12(6-7-16(11)20)14-9-17(21)18(22)10-15(14)13-4-2-3-5-19(13)26(23,24)25/h2-10H,1H3,(H2,23,24,25). The third-order valence-electron chi connectivity index (χ3n) is 4.01. The molecule has 0 bridgehead atoms. The van der Waals surface area contributed by atoms with E-state index in [1.54, 1.807) is 31.2 Å². The molecule has 0 spiro atoms. The summed E-state index contributed by atoms with van der Waals surface area (Å²) in [4.78, 5) is -0.169. The molecule has 0 fully saturated rings. The molecule has 7 heteroatoms. The van der Waals surface area contributed by atoms with E-state index in [1.165, 1.54) is 18.2 Å². The normalized spacial score (nSPS) is 11.6. The number of primary sulfonamides is 1. The second kappa shape index (κ2) is 6.79. The van der Waals surface area contributed by atoms with Crippen molar-refractivity contribution in [3.05, 3.63) is 76.8 Å². The average Bonchev–Trinajstić information content (AvgIpc) is 2.58. The monoisotopic (exact) mass is 393 g/mol. The second-order valence-electron chi connectivity index (χ2n) is 5.82. The molecule has 0 radical (unpaired) electrons. The summed E-state index contributed by atoms with van der Waals surface area (Å²) in [5, 5.41) is 5.81. The van der Waals surface area contributed by atoms with Crippen LogP contribution >= 0.6 is 11.6 Å². The third kappa shape index (κ3) is 3.49. The van der Waals surface area contributed by atoms with Crippen molar-refractivity contribution in [1.82, 2.24) is 0 Å². The van der Waals surface area contributed by atoms with Crippen LogP contribution in [0, 0.1) is 18.6 Å². The van der Waals surface area contributed by atoms with E-state index in [0.29, 0.717) is 16.1 Å². The minimum absolute atomic E-state index is 0.169. The van der Waals surface area contributed by atoms with Gasteiger partial charge >= 0.3 is 0 Å². The largest absolute Gasteiger partial charge is 0.238 e. The zero-order valence-electron chi connectivity index (χ0n) is 13.6. The minimum atomic E-state index is -4.06. The molecule has 3 nitrogen and oxygen atoms in total. The Hall–Kier alpha value is -2.28. The molecule has 0 unspecified atom stereocenters. The van der Waals surface area contributed by atoms with Gasteiger partial charge in [0.2, 0.25) is 10.0 Å². The fourth-order valence-corrected chi connectivity index (χ4v) is 3.63. The van der Waals surface area contributed by atoms with Gasteiger partial charge in [0.15, 0.2) is 11.6 Å². The van der Waals surface area contributed by atoms with Gasteiger partial charge in [-0.25, -0.2) is 22.3 Å². The number of benzene rings is 3. The van der Waals surface area contributed by atoms with Crippen molar-refractivity contribution < 1.29 is 17.2 Å². The molecule has 0 aliphatic rings. The van der Waals surface area contributed by atoms with Gasteiger partial charge in [-0.05, 0) is 59.5 Å². The van der Waals surface area contributed by atoms with Crippen molar-refractivity contribution in [3.8, 4) is 22.3 Å². The maximum absolute atomic E-state index is 14.0. The SMILES string of the molecule is Cc1cc(-c2cc(F)c(F)cc2-c2ccccc2S(N)(=O)=O)ccc1Cl. The Morgan fingerprint density at radius 1 is 0.885 bits per heavy atom. The fourth-order valence-electron chi connectivity index (χ4n) is 2.76. The van der Waals surface area contributed by atoms with Crippen molar-refractivity contribution in [1.29, 1.82) is 0 Å². The lowest BCUT2D eigenvalue weighted by Crippen LogP contribution is -2.13. The van der Waals surface area contributed by atoms with Gasteiger partial charge in [-0.1, -0.05) is 35.9 Å². The Morgan fingerprint density at radius 3 is 2.12 bits per heavy atom. The Balaban J connectivity index is 2.36. The number of rotatable bonds is 3. The Labute approximate surface area is 155 Å². The highest BCUT2D eigenvalue weighted by Crippen LogP contribution is 2.37. The predicted molar refractivity (Wildman–Crippen MR) is 98.4 cm³/mol. The van der Waals surface area contributed by atoms with Gasteiger partial charge in [-0.2, -0.15) is 0 Å². The van der Waals surface area contributed by atoms with E-state index in [4.69, 9.17) is 16.7 Å². The van der Waals surface area contributed by atoms with Gasteiger partial charge in [-0.15, -0.1) is 0 Å². The minimum Gasteiger partial charge on any atom is -0.225 e. The first kappa shape index (κ1) is 18.5. The van der Waals surface area contributed by atoms with Crippen LogP contribution in [0.2, 0.25) is 5.02 Å². The van der Waals surface area contributed by atoms with E-state index in [0.717, 1.165) is 17.7 Å². The van der Waals surface area contributed by atoms with Crippen LogP contribution in [0.5, 0.6) is 0 Å². The van der Waals surface area contributed by atoms with Crippen LogP contribution in [0.15, 0.2) is 59.5 Å². The topological polar surface area (TPSA) is 60.2 Å². The lowest BCUT2D eigenvalue weighted by Gasteiger charge is -2.15. The van der Waals surface area contributed by atoms with Crippen molar-refractivity contribution in [2.75, 3.05) is 0 Å². The Kier molecular flexibility index (Phi) is 4.84. The summed E-state index contributed by atoms with van der Waals surface area (Å²) in [7, 11) is -4.06. The zero-order chi connectivity index (χ0) is 19.1. The molecular weight excluding hydrogens is 380 g/mol. The van der Waals surface area contributed by atoms with E-state index in [9.17, 15) is 17.2 Å². The van der Waals surface area contributed by atoms with Gasteiger partial charge in [-0.3, -0.25) is 0 Å². The van der Waals surface area contributed by atoms with Crippen LogP contribution in [-0.4, -0.2) is 8.42 Å². The first-order valence-electron chi connectivity index (χ1n) is 7.56. The number of aryl methyl sites for hydroxylation is 1. The average molecular weight is 394 g/mol. The van der Waals surface area contributed by atoms with Crippen molar-refractivity contribution in [2.24, 2.45) is 5.14 Å². The van der Waals surface area contributed by atoms with Crippen LogP contribution in [0.25, 0.3) is 22.3 Å². The smallest absolute Gasteiger partial charge is 0.225 e. The molecule has 134 valence electrons. The summed E-state index contributed by atoms with van der Waals surface area (Å²) < 4.78 is 51.7. The summed E-state index contributed by atoms with van der Waals surface area (Å²) in [5.74, 6) is -2.12. The molecule has 0 aromatic heterocycles. The van der Waals surface area contributed by atoms with Crippen LogP contribution in [0.1, 0.15) is 5.56 Å². The van der Waals surface area contributed by atoms with Crippen LogP contribution < -0.4 is 5.14 Å². The molecule has 0 aliphatic carbocycles. The number of sulfonamides is 1. The lowest BCUT2D eigenvalue weighted by molar-refractivity contribution is 0.509. The van der Waals surface area contributed by atoms with Gasteiger partial charge in [0.05, 0.1) is 4.90 Å². The molecule has 0 aliphatic heterocycles. The second-order valence-corrected chi connectivity index (χ2v) is 7.75. The van der Waals surface area contributed by atoms with Crippen LogP contribution in [-0.2, 0) is 10.0 Å². The summed E-state index contributed by atoms with van der Waals surface area (Å²) in [6, 6.07) is 13.0. The summed E-state index contributed by atoms with van der Waals surface area (Å²) in [5.41, 5.74) is 2.07. The molecule has 0 atom stereocenters. The van der Waals surface area contributed by atoms with E-state index in [-0.39, 0.29) is 16.0 Å².